The molecule has 3 aromatic rings. The molecule has 0 saturated heterocycles. The molecule has 0 saturated carbocycles. The number of nitrogens with zero attached hydrogens (tertiary/aromatic N) is 3. The number of carbonyl (C=O) groups is 1. The lowest BCUT2D eigenvalue weighted by Crippen LogP contribution is -2.34. The van der Waals surface area contributed by atoms with E-state index >= 15 is 0 Å². The minimum absolute atomic E-state index is 0.390. The third-order valence-corrected chi connectivity index (χ3v) is 3.93. The van der Waals surface area contributed by atoms with Crippen LogP contribution in [-0.4, -0.2) is 20.5 Å². The molecule has 3 N–H and O–H groups in total. The molecule has 6 nitrogen and oxygen atoms in total. The molecule has 25 heavy (non-hydrogen) atoms. The van der Waals surface area contributed by atoms with Gasteiger partial charge in [-0.15, -0.1) is 0 Å². The fraction of sp³-hybridized carbons (Fsp3) is 0.188. The maximum absolute atomic E-state index is 12.7. The number of amides is 1. The van der Waals surface area contributed by atoms with Crippen molar-refractivity contribution < 1.29 is 18.0 Å². The predicted octanol–water partition coefficient (Wildman–Crippen LogP) is 2.51. The van der Waals surface area contributed by atoms with Crippen LogP contribution in [0.3, 0.4) is 0 Å². The van der Waals surface area contributed by atoms with E-state index in [0.29, 0.717) is 22.5 Å². The molecule has 0 radical (unpaired) electrons. The van der Waals surface area contributed by atoms with Gasteiger partial charge in [0, 0.05) is 11.8 Å². The minimum atomic E-state index is -4.39. The number of hydrogen-bond acceptors (Lipinski definition) is 4. The Balaban J connectivity index is 2.06. The number of hydrogen-bond donors (Lipinski definition) is 2. The summed E-state index contributed by atoms with van der Waals surface area (Å²) in [6, 6.07) is 6.38. The second-order valence-electron chi connectivity index (χ2n) is 5.47. The molecule has 3 rings (SSSR count). The largest absolute Gasteiger partial charge is 0.416 e. The maximum atomic E-state index is 12.7. The monoisotopic (exact) mass is 349 g/mol. The van der Waals surface area contributed by atoms with Crippen molar-refractivity contribution >= 4 is 11.6 Å². The van der Waals surface area contributed by atoms with E-state index in [2.05, 4.69) is 15.5 Å². The molecule has 2 heterocycles. The molecule has 1 atom stereocenters. The Bertz CT molecular complexity index is 918. The molecule has 0 aliphatic heterocycles. The first-order valence-corrected chi connectivity index (χ1v) is 7.33. The second kappa shape index (κ2) is 6.17. The van der Waals surface area contributed by atoms with E-state index in [4.69, 9.17) is 5.84 Å². The van der Waals surface area contributed by atoms with E-state index in [1.807, 2.05) is 0 Å². The number of rotatable bonds is 3. The van der Waals surface area contributed by atoms with Gasteiger partial charge in [-0.2, -0.15) is 18.3 Å². The topological polar surface area (TPSA) is 85.3 Å². The summed E-state index contributed by atoms with van der Waals surface area (Å²) in [5.74, 6) is 4.20. The Morgan fingerprint density at radius 3 is 2.52 bits per heavy atom. The highest BCUT2D eigenvalue weighted by Crippen LogP contribution is 2.32. The normalized spacial score (nSPS) is 13.0. The van der Waals surface area contributed by atoms with Crippen LogP contribution < -0.4 is 11.3 Å². The Morgan fingerprint density at radius 1 is 1.24 bits per heavy atom. The molecule has 1 aromatic carbocycles. The zero-order chi connectivity index (χ0) is 18.2. The summed E-state index contributed by atoms with van der Waals surface area (Å²) in [7, 11) is 0. The van der Waals surface area contributed by atoms with Gasteiger partial charge in [0.2, 0.25) is 5.91 Å². The van der Waals surface area contributed by atoms with Gasteiger partial charge in [-0.1, -0.05) is 12.1 Å². The molecule has 1 amide bonds. The van der Waals surface area contributed by atoms with Crippen molar-refractivity contribution in [3.8, 4) is 11.1 Å². The first kappa shape index (κ1) is 16.9. The summed E-state index contributed by atoms with van der Waals surface area (Å²) < 4.78 is 39.5. The number of nitrogens with one attached hydrogen (secondary N) is 1. The molecule has 0 spiro atoms. The van der Waals surface area contributed by atoms with Gasteiger partial charge in [-0.25, -0.2) is 15.3 Å². The van der Waals surface area contributed by atoms with Gasteiger partial charge in [0.15, 0.2) is 5.65 Å². The van der Waals surface area contributed by atoms with Crippen LogP contribution in [0.5, 0.6) is 0 Å². The van der Waals surface area contributed by atoms with Crippen molar-refractivity contribution in [3.63, 3.8) is 0 Å². The molecule has 1 unspecified atom stereocenters. The lowest BCUT2D eigenvalue weighted by Gasteiger charge is -2.11. The lowest BCUT2D eigenvalue weighted by atomic mass is 10.1. The Kier molecular flexibility index (Phi) is 4.17. The average molecular weight is 349 g/mol. The smallest absolute Gasteiger partial charge is 0.294 e. The highest BCUT2D eigenvalue weighted by molar-refractivity contribution is 5.83. The number of alkyl halides is 3. The van der Waals surface area contributed by atoms with Crippen molar-refractivity contribution in [2.45, 2.75) is 19.0 Å². The van der Waals surface area contributed by atoms with Gasteiger partial charge in [-0.05, 0) is 30.7 Å². The van der Waals surface area contributed by atoms with E-state index in [9.17, 15) is 18.0 Å². The Hall–Kier alpha value is -2.94. The van der Waals surface area contributed by atoms with Crippen molar-refractivity contribution in [2.75, 3.05) is 0 Å². The quantitative estimate of drug-likeness (QED) is 0.432. The van der Waals surface area contributed by atoms with Crippen LogP contribution in [0, 0.1) is 0 Å². The molecule has 2 aromatic heterocycles. The third-order valence-electron chi connectivity index (χ3n) is 3.93. The highest BCUT2D eigenvalue weighted by Gasteiger charge is 2.30. The van der Waals surface area contributed by atoms with E-state index < -0.39 is 17.7 Å². The summed E-state index contributed by atoms with van der Waals surface area (Å²) >= 11 is 0. The number of fused-ring (bicyclic) bond motifs is 1. The van der Waals surface area contributed by atoms with Crippen molar-refractivity contribution in [3.05, 3.63) is 54.0 Å². The number of aromatic nitrogens is 3. The molecule has 0 aliphatic rings. The maximum Gasteiger partial charge on any atom is 0.416 e. The van der Waals surface area contributed by atoms with E-state index in [1.165, 1.54) is 29.0 Å². The zero-order valence-corrected chi connectivity index (χ0v) is 13.1. The Labute approximate surface area is 140 Å². The number of carbonyl (C=O) groups excluding carboxylic acids is 1. The molecule has 0 aliphatic carbocycles. The molecule has 0 bridgehead atoms. The summed E-state index contributed by atoms with van der Waals surface area (Å²) in [5.41, 5.74) is 3.46. The van der Waals surface area contributed by atoms with Gasteiger partial charge in [0.1, 0.15) is 0 Å². The third kappa shape index (κ3) is 3.05. The van der Waals surface area contributed by atoms with Crippen LogP contribution in [0.15, 0.2) is 42.7 Å². The summed E-state index contributed by atoms with van der Waals surface area (Å²) in [6.45, 7) is 1.66. The zero-order valence-electron chi connectivity index (χ0n) is 13.1. The van der Waals surface area contributed by atoms with Crippen LogP contribution >= 0.6 is 0 Å². The van der Waals surface area contributed by atoms with E-state index in [-0.39, 0.29) is 5.91 Å². The van der Waals surface area contributed by atoms with Gasteiger partial charge >= 0.3 is 6.18 Å². The fourth-order valence-electron chi connectivity index (χ4n) is 2.54. The van der Waals surface area contributed by atoms with E-state index in [1.54, 1.807) is 13.0 Å². The molecular formula is C16H14F3N5O. The molecule has 9 heteroatoms. The predicted molar refractivity (Wildman–Crippen MR) is 84.2 cm³/mol. The number of hydrazine groups is 1. The second-order valence-corrected chi connectivity index (χ2v) is 5.47. The summed E-state index contributed by atoms with van der Waals surface area (Å²) in [4.78, 5) is 16.0. The van der Waals surface area contributed by atoms with Crippen LogP contribution in [-0.2, 0) is 11.0 Å². The first-order valence-electron chi connectivity index (χ1n) is 7.33. The first-order chi connectivity index (χ1) is 11.8. The number of nitrogens with two attached hydrogens (primary N) is 1. The minimum Gasteiger partial charge on any atom is -0.294 e. The summed E-state index contributed by atoms with van der Waals surface area (Å²) in [6.07, 6.45) is -1.38. The van der Waals surface area contributed by atoms with E-state index in [0.717, 1.165) is 12.1 Å². The average Bonchev–Trinajstić information content (AvgIpc) is 3.03. The van der Waals surface area contributed by atoms with Crippen molar-refractivity contribution in [1.82, 2.24) is 20.0 Å². The number of halogens is 3. The van der Waals surface area contributed by atoms with Crippen molar-refractivity contribution in [2.24, 2.45) is 5.84 Å². The van der Waals surface area contributed by atoms with Gasteiger partial charge in [-0.3, -0.25) is 10.2 Å². The molecular weight excluding hydrogens is 335 g/mol. The van der Waals surface area contributed by atoms with Gasteiger partial charge in [0.25, 0.3) is 0 Å². The Morgan fingerprint density at radius 2 is 1.92 bits per heavy atom. The van der Waals surface area contributed by atoms with Crippen LogP contribution in [0.1, 0.15) is 24.1 Å². The van der Waals surface area contributed by atoms with Crippen LogP contribution in [0.4, 0.5) is 13.2 Å². The van der Waals surface area contributed by atoms with Gasteiger partial charge in [0.05, 0.1) is 23.4 Å². The van der Waals surface area contributed by atoms with Crippen molar-refractivity contribution in [1.29, 1.82) is 0 Å². The highest BCUT2D eigenvalue weighted by atomic mass is 19.4. The number of benzene rings is 1. The molecule has 0 fully saturated rings. The van der Waals surface area contributed by atoms with Gasteiger partial charge < -0.3 is 0 Å². The SMILES string of the molecule is CC(C(=O)NN)c1ccnc2c(-c3ccc(C(F)(F)F)cc3)cnn12. The fourth-order valence-corrected chi connectivity index (χ4v) is 2.54. The van der Waals surface area contributed by atoms with Crippen LogP contribution in [0.25, 0.3) is 16.8 Å². The molecule has 130 valence electrons. The standard InChI is InChI=1S/C16H14F3N5O/c1-9(15(25)23-20)13-6-7-21-14-12(8-22-24(13)14)10-2-4-11(5-3-10)16(17,18)19/h2-9H,20H2,1H3,(H,23,25). The summed E-state index contributed by atoms with van der Waals surface area (Å²) in [5, 5.41) is 4.22. The lowest BCUT2D eigenvalue weighted by molar-refractivity contribution is -0.137. The van der Waals surface area contributed by atoms with Crippen LogP contribution in [0.2, 0.25) is 0 Å².